The van der Waals surface area contributed by atoms with E-state index in [1.807, 2.05) is 0 Å². The minimum absolute atomic E-state index is 0.0611. The summed E-state index contributed by atoms with van der Waals surface area (Å²) in [5, 5.41) is 6.26. The van der Waals surface area contributed by atoms with Crippen LogP contribution in [0, 0.1) is 0 Å². The molecule has 5 nitrogen and oxygen atoms in total. The number of carbonyl (C=O) groups excluding carboxylic acids is 1. The lowest BCUT2D eigenvalue weighted by molar-refractivity contribution is -0.119. The van der Waals surface area contributed by atoms with Gasteiger partial charge in [0.1, 0.15) is 0 Å². The standard InChI is InChI=1S/C15H26N4O/c1-14(20)16-7-9-19-12-10-18(11-13-19)8-5-15-4-2-3-6-17-15/h2-4,17H,5-13H2,1H3,(H,16,20). The summed E-state index contributed by atoms with van der Waals surface area (Å²) in [6.07, 6.45) is 7.55. The third kappa shape index (κ3) is 5.35. The van der Waals surface area contributed by atoms with Crippen LogP contribution >= 0.6 is 0 Å². The van der Waals surface area contributed by atoms with Gasteiger partial charge in [-0.05, 0) is 12.5 Å². The molecule has 2 aliphatic rings. The Morgan fingerprint density at radius 3 is 2.55 bits per heavy atom. The molecule has 2 heterocycles. The van der Waals surface area contributed by atoms with Crippen molar-refractivity contribution in [2.45, 2.75) is 13.3 Å². The fraction of sp³-hybridized carbons (Fsp3) is 0.667. The number of amides is 1. The molecule has 2 aliphatic heterocycles. The molecule has 0 aromatic heterocycles. The van der Waals surface area contributed by atoms with Gasteiger partial charge in [-0.2, -0.15) is 0 Å². The molecule has 2 rings (SSSR count). The van der Waals surface area contributed by atoms with Crippen LogP contribution in [0.3, 0.4) is 0 Å². The van der Waals surface area contributed by atoms with Crippen LogP contribution in [0.1, 0.15) is 13.3 Å². The summed E-state index contributed by atoms with van der Waals surface area (Å²) in [6, 6.07) is 0. The maximum absolute atomic E-state index is 10.8. The second-order valence-electron chi connectivity index (χ2n) is 5.42. The van der Waals surface area contributed by atoms with Gasteiger partial charge in [0.05, 0.1) is 0 Å². The predicted molar refractivity (Wildman–Crippen MR) is 81.4 cm³/mol. The lowest BCUT2D eigenvalue weighted by atomic mass is 10.2. The average Bonchev–Trinajstić information content (AvgIpc) is 2.47. The highest BCUT2D eigenvalue weighted by atomic mass is 16.1. The third-order valence-electron chi connectivity index (χ3n) is 3.84. The first-order valence-electron chi connectivity index (χ1n) is 7.53. The molecule has 0 atom stereocenters. The summed E-state index contributed by atoms with van der Waals surface area (Å²) in [5.74, 6) is 0.0611. The van der Waals surface area contributed by atoms with E-state index in [0.29, 0.717) is 0 Å². The topological polar surface area (TPSA) is 47.6 Å². The van der Waals surface area contributed by atoms with E-state index in [-0.39, 0.29) is 5.91 Å². The van der Waals surface area contributed by atoms with Crippen LogP contribution in [0.25, 0.3) is 0 Å². The van der Waals surface area contributed by atoms with Crippen LogP contribution in [0.4, 0.5) is 0 Å². The number of hydrogen-bond donors (Lipinski definition) is 2. The van der Waals surface area contributed by atoms with Crippen LogP contribution in [0.5, 0.6) is 0 Å². The van der Waals surface area contributed by atoms with Crippen LogP contribution in [-0.4, -0.2) is 68.1 Å². The molecule has 0 aromatic carbocycles. The molecule has 0 aromatic rings. The van der Waals surface area contributed by atoms with Crippen molar-refractivity contribution in [2.75, 3.05) is 52.4 Å². The van der Waals surface area contributed by atoms with Crippen molar-refractivity contribution in [3.05, 3.63) is 23.9 Å². The van der Waals surface area contributed by atoms with Crippen molar-refractivity contribution in [2.24, 2.45) is 0 Å². The van der Waals surface area contributed by atoms with Gasteiger partial charge in [0.25, 0.3) is 0 Å². The van der Waals surface area contributed by atoms with Crippen molar-refractivity contribution in [3.63, 3.8) is 0 Å². The molecule has 0 unspecified atom stereocenters. The van der Waals surface area contributed by atoms with Gasteiger partial charge in [0.2, 0.25) is 5.91 Å². The smallest absolute Gasteiger partial charge is 0.216 e. The van der Waals surface area contributed by atoms with E-state index in [0.717, 1.165) is 58.8 Å². The molecule has 0 bridgehead atoms. The molecule has 0 spiro atoms. The van der Waals surface area contributed by atoms with Crippen LogP contribution < -0.4 is 10.6 Å². The number of allylic oxidation sites excluding steroid dienone is 2. The van der Waals surface area contributed by atoms with E-state index in [9.17, 15) is 4.79 Å². The van der Waals surface area contributed by atoms with Gasteiger partial charge in [-0.1, -0.05) is 12.2 Å². The Balaban J connectivity index is 1.58. The Hall–Kier alpha value is -1.33. The van der Waals surface area contributed by atoms with E-state index in [4.69, 9.17) is 0 Å². The molecule has 1 amide bonds. The normalized spacial score (nSPS) is 20.4. The molecule has 112 valence electrons. The zero-order valence-electron chi connectivity index (χ0n) is 12.4. The molecule has 5 heteroatoms. The zero-order chi connectivity index (χ0) is 14.2. The third-order valence-corrected chi connectivity index (χ3v) is 3.84. The number of piperazine rings is 1. The Kier molecular flexibility index (Phi) is 6.08. The van der Waals surface area contributed by atoms with Gasteiger partial charge >= 0.3 is 0 Å². The first-order chi connectivity index (χ1) is 9.74. The second kappa shape index (κ2) is 8.07. The van der Waals surface area contributed by atoms with Gasteiger partial charge in [-0.25, -0.2) is 0 Å². The minimum Gasteiger partial charge on any atom is -0.385 e. The minimum atomic E-state index is 0.0611. The maximum Gasteiger partial charge on any atom is 0.216 e. The highest BCUT2D eigenvalue weighted by molar-refractivity contribution is 5.72. The van der Waals surface area contributed by atoms with Crippen molar-refractivity contribution in [3.8, 4) is 0 Å². The fourth-order valence-corrected chi connectivity index (χ4v) is 2.58. The molecule has 0 aliphatic carbocycles. The van der Waals surface area contributed by atoms with E-state index in [1.54, 1.807) is 6.92 Å². The summed E-state index contributed by atoms with van der Waals surface area (Å²) in [5.41, 5.74) is 1.35. The molecule has 0 saturated carbocycles. The Bertz CT molecular complexity index is 370. The fourth-order valence-electron chi connectivity index (χ4n) is 2.58. The number of dihydropyridines is 1. The first-order valence-corrected chi connectivity index (χ1v) is 7.53. The molecular formula is C15H26N4O. The molecule has 1 fully saturated rings. The van der Waals surface area contributed by atoms with E-state index < -0.39 is 0 Å². The Labute approximate surface area is 121 Å². The summed E-state index contributed by atoms with van der Waals surface area (Å²) in [4.78, 5) is 15.8. The predicted octanol–water partition coefficient (Wildman–Crippen LogP) is 0.174. The lowest BCUT2D eigenvalue weighted by Gasteiger charge is -2.34. The van der Waals surface area contributed by atoms with Crippen molar-refractivity contribution < 1.29 is 4.79 Å². The van der Waals surface area contributed by atoms with Crippen molar-refractivity contribution >= 4 is 5.91 Å². The highest BCUT2D eigenvalue weighted by Crippen LogP contribution is 2.06. The van der Waals surface area contributed by atoms with E-state index in [1.165, 1.54) is 5.70 Å². The highest BCUT2D eigenvalue weighted by Gasteiger charge is 2.16. The molecule has 0 radical (unpaired) electrons. The summed E-state index contributed by atoms with van der Waals surface area (Å²) < 4.78 is 0. The average molecular weight is 278 g/mol. The number of nitrogens with one attached hydrogen (secondary N) is 2. The molecule has 20 heavy (non-hydrogen) atoms. The Morgan fingerprint density at radius 2 is 1.95 bits per heavy atom. The van der Waals surface area contributed by atoms with Gasteiger partial charge in [0, 0.05) is 65.0 Å². The van der Waals surface area contributed by atoms with Gasteiger partial charge < -0.3 is 15.5 Å². The number of hydrogen-bond acceptors (Lipinski definition) is 4. The monoisotopic (exact) mass is 278 g/mol. The van der Waals surface area contributed by atoms with Crippen LogP contribution in [0.2, 0.25) is 0 Å². The van der Waals surface area contributed by atoms with Gasteiger partial charge in [-0.3, -0.25) is 9.69 Å². The molecule has 2 N–H and O–H groups in total. The van der Waals surface area contributed by atoms with Crippen molar-refractivity contribution in [1.29, 1.82) is 0 Å². The number of carbonyl (C=O) groups is 1. The molecule has 1 saturated heterocycles. The van der Waals surface area contributed by atoms with E-state index in [2.05, 4.69) is 38.7 Å². The quantitative estimate of drug-likeness (QED) is 0.727. The first kappa shape index (κ1) is 15.1. The van der Waals surface area contributed by atoms with Crippen molar-refractivity contribution in [1.82, 2.24) is 20.4 Å². The molecular weight excluding hydrogens is 252 g/mol. The van der Waals surface area contributed by atoms with Gasteiger partial charge in [0.15, 0.2) is 0 Å². The lowest BCUT2D eigenvalue weighted by Crippen LogP contribution is -2.48. The SMILES string of the molecule is CC(=O)NCCN1CCN(CCC2=CC=CCN2)CC1. The second-order valence-corrected chi connectivity index (χ2v) is 5.42. The van der Waals surface area contributed by atoms with Gasteiger partial charge in [-0.15, -0.1) is 0 Å². The summed E-state index contributed by atoms with van der Waals surface area (Å²) in [7, 11) is 0. The largest absolute Gasteiger partial charge is 0.385 e. The zero-order valence-corrected chi connectivity index (χ0v) is 12.4. The maximum atomic E-state index is 10.8. The summed E-state index contributed by atoms with van der Waals surface area (Å²) >= 11 is 0. The van der Waals surface area contributed by atoms with E-state index >= 15 is 0 Å². The number of nitrogens with zero attached hydrogens (tertiary/aromatic N) is 2. The number of rotatable bonds is 6. The summed E-state index contributed by atoms with van der Waals surface area (Å²) in [6.45, 7) is 9.85. The van der Waals surface area contributed by atoms with Crippen LogP contribution in [-0.2, 0) is 4.79 Å². The Morgan fingerprint density at radius 1 is 1.25 bits per heavy atom. The van der Waals surface area contributed by atoms with Crippen LogP contribution in [0.15, 0.2) is 23.9 Å².